The second-order valence-corrected chi connectivity index (χ2v) is 7.12. The highest BCUT2D eigenvalue weighted by Gasteiger charge is 2.53. The topological polar surface area (TPSA) is 147 Å². The van der Waals surface area contributed by atoms with E-state index in [1.54, 1.807) is 30.3 Å². The quantitative estimate of drug-likeness (QED) is 0.406. The number of nitrogens with zero attached hydrogens (tertiary/aromatic N) is 1. The Balaban J connectivity index is 2.46. The standard InChI is InChI=1S/C22H25NO10/c1-12(24)28-11-18-19(29-13(2)25)20(30-14(3)26)21(31-15(4)27)22(33-18)32-17(10-23)16-8-6-5-7-9-16/h5-9,17-22H,11H2,1-4H3/t17-,18-,19+,20+,21-,22-/m1/s1. The van der Waals surface area contributed by atoms with Crippen molar-refractivity contribution in [3.05, 3.63) is 35.9 Å². The normalized spacial score (nSPS) is 25.1. The Labute approximate surface area is 190 Å². The minimum atomic E-state index is -1.43. The largest absolute Gasteiger partial charge is 0.463 e. The van der Waals surface area contributed by atoms with Crippen LogP contribution in [0.5, 0.6) is 0 Å². The van der Waals surface area contributed by atoms with Crippen molar-refractivity contribution in [3.63, 3.8) is 0 Å². The average Bonchev–Trinajstić information content (AvgIpc) is 2.74. The van der Waals surface area contributed by atoms with Gasteiger partial charge in [0.2, 0.25) is 6.29 Å². The van der Waals surface area contributed by atoms with Gasteiger partial charge in [-0.15, -0.1) is 0 Å². The number of hydrogen-bond donors (Lipinski definition) is 0. The lowest BCUT2D eigenvalue weighted by atomic mass is 9.98. The first-order valence-electron chi connectivity index (χ1n) is 10.0. The molecule has 0 N–H and O–H groups in total. The number of ether oxygens (including phenoxy) is 6. The zero-order chi connectivity index (χ0) is 24.5. The molecule has 0 bridgehead atoms. The van der Waals surface area contributed by atoms with E-state index in [0.29, 0.717) is 5.56 Å². The van der Waals surface area contributed by atoms with Gasteiger partial charge in [0, 0.05) is 27.7 Å². The van der Waals surface area contributed by atoms with Gasteiger partial charge in [0.25, 0.3) is 0 Å². The Kier molecular flexibility index (Phi) is 9.32. The number of benzene rings is 1. The van der Waals surface area contributed by atoms with Crippen molar-refractivity contribution < 1.29 is 47.6 Å². The SMILES string of the molecule is CC(=O)OC[C@H]1O[C@@H](O[C@H](C#N)c2ccccc2)[C@H](OC(C)=O)[C@@H](OC(C)=O)[C@H]1OC(C)=O. The summed E-state index contributed by atoms with van der Waals surface area (Å²) >= 11 is 0. The van der Waals surface area contributed by atoms with Gasteiger partial charge in [-0.2, -0.15) is 5.26 Å². The van der Waals surface area contributed by atoms with Crippen molar-refractivity contribution in [2.24, 2.45) is 0 Å². The van der Waals surface area contributed by atoms with Crippen LogP contribution >= 0.6 is 0 Å². The highest BCUT2D eigenvalue weighted by Crippen LogP contribution is 2.32. The zero-order valence-corrected chi connectivity index (χ0v) is 18.6. The summed E-state index contributed by atoms with van der Waals surface area (Å²) in [7, 11) is 0. The van der Waals surface area contributed by atoms with Crippen LogP contribution in [0, 0.1) is 11.3 Å². The lowest BCUT2D eigenvalue weighted by Crippen LogP contribution is -2.63. The van der Waals surface area contributed by atoms with E-state index in [0.717, 1.165) is 20.8 Å². The number of carbonyl (C=O) groups excluding carboxylic acids is 4. The molecule has 1 fully saturated rings. The minimum absolute atomic E-state index is 0.389. The van der Waals surface area contributed by atoms with Crippen LogP contribution in [0.15, 0.2) is 30.3 Å². The molecule has 0 saturated carbocycles. The molecular formula is C22H25NO10. The van der Waals surface area contributed by atoms with E-state index in [2.05, 4.69) is 0 Å². The smallest absolute Gasteiger partial charge is 0.303 e. The van der Waals surface area contributed by atoms with Crippen molar-refractivity contribution in [3.8, 4) is 6.07 Å². The van der Waals surface area contributed by atoms with Crippen molar-refractivity contribution in [2.75, 3.05) is 6.61 Å². The Morgan fingerprint density at radius 1 is 0.879 bits per heavy atom. The maximum Gasteiger partial charge on any atom is 0.303 e. The van der Waals surface area contributed by atoms with Gasteiger partial charge in [0.1, 0.15) is 12.7 Å². The fourth-order valence-corrected chi connectivity index (χ4v) is 3.24. The highest BCUT2D eigenvalue weighted by atomic mass is 16.7. The van der Waals surface area contributed by atoms with Crippen molar-refractivity contribution in [2.45, 2.75) is 64.5 Å². The Morgan fingerprint density at radius 2 is 1.42 bits per heavy atom. The first-order chi connectivity index (χ1) is 15.6. The van der Waals surface area contributed by atoms with E-state index in [9.17, 15) is 24.4 Å². The van der Waals surface area contributed by atoms with Gasteiger partial charge >= 0.3 is 23.9 Å². The summed E-state index contributed by atoms with van der Waals surface area (Å²) in [5.74, 6) is -2.90. The molecular weight excluding hydrogens is 438 g/mol. The summed E-state index contributed by atoms with van der Waals surface area (Å²) in [6, 6.07) is 10.5. The molecule has 0 unspecified atom stereocenters. The maximum absolute atomic E-state index is 11.8. The van der Waals surface area contributed by atoms with Crippen LogP contribution in [0.3, 0.4) is 0 Å². The van der Waals surface area contributed by atoms with E-state index < -0.39 is 60.7 Å². The summed E-state index contributed by atoms with van der Waals surface area (Å²) in [6.07, 6.45) is -7.81. The number of esters is 4. The molecule has 1 heterocycles. The molecule has 33 heavy (non-hydrogen) atoms. The second kappa shape index (κ2) is 11.9. The fourth-order valence-electron chi connectivity index (χ4n) is 3.24. The van der Waals surface area contributed by atoms with Gasteiger partial charge in [-0.05, 0) is 5.56 Å². The summed E-state index contributed by atoms with van der Waals surface area (Å²) in [4.78, 5) is 46.8. The van der Waals surface area contributed by atoms with Gasteiger partial charge in [0.05, 0.1) is 6.07 Å². The first-order valence-corrected chi connectivity index (χ1v) is 10.0. The monoisotopic (exact) mass is 463 g/mol. The van der Waals surface area contributed by atoms with E-state index >= 15 is 0 Å². The molecule has 1 aliphatic heterocycles. The minimum Gasteiger partial charge on any atom is -0.463 e. The average molecular weight is 463 g/mol. The van der Waals surface area contributed by atoms with Gasteiger partial charge < -0.3 is 28.4 Å². The van der Waals surface area contributed by atoms with Crippen LogP contribution < -0.4 is 0 Å². The molecule has 0 radical (unpaired) electrons. The maximum atomic E-state index is 11.8. The molecule has 0 amide bonds. The molecule has 1 aromatic rings. The third kappa shape index (κ3) is 7.55. The predicted molar refractivity (Wildman–Crippen MR) is 108 cm³/mol. The Hall–Kier alpha value is -3.49. The van der Waals surface area contributed by atoms with E-state index in [1.807, 2.05) is 6.07 Å². The van der Waals surface area contributed by atoms with E-state index in [4.69, 9.17) is 28.4 Å². The van der Waals surface area contributed by atoms with E-state index in [1.165, 1.54) is 6.92 Å². The van der Waals surface area contributed by atoms with Gasteiger partial charge in [-0.25, -0.2) is 0 Å². The number of nitriles is 1. The Bertz CT molecular complexity index is 896. The van der Waals surface area contributed by atoms with Crippen molar-refractivity contribution >= 4 is 23.9 Å². The van der Waals surface area contributed by atoms with Gasteiger partial charge in [0.15, 0.2) is 24.4 Å². The van der Waals surface area contributed by atoms with Crippen LogP contribution in [-0.4, -0.2) is 61.2 Å². The molecule has 11 nitrogen and oxygen atoms in total. The van der Waals surface area contributed by atoms with Crippen molar-refractivity contribution in [1.29, 1.82) is 5.26 Å². The number of rotatable bonds is 8. The Morgan fingerprint density at radius 3 is 1.94 bits per heavy atom. The molecule has 178 valence electrons. The van der Waals surface area contributed by atoms with Gasteiger partial charge in [-0.3, -0.25) is 19.2 Å². The molecule has 1 saturated heterocycles. The van der Waals surface area contributed by atoms with Crippen molar-refractivity contribution in [1.82, 2.24) is 0 Å². The predicted octanol–water partition coefficient (Wildman–Crippen LogP) is 1.35. The van der Waals surface area contributed by atoms with Gasteiger partial charge in [-0.1, -0.05) is 30.3 Å². The zero-order valence-electron chi connectivity index (χ0n) is 18.6. The highest BCUT2D eigenvalue weighted by molar-refractivity contribution is 5.68. The molecule has 0 spiro atoms. The summed E-state index contributed by atoms with van der Waals surface area (Å²) in [5, 5.41) is 9.64. The lowest BCUT2D eigenvalue weighted by Gasteiger charge is -2.44. The number of carbonyl (C=O) groups is 4. The molecule has 11 heteroatoms. The van der Waals surface area contributed by atoms with Crippen LogP contribution in [0.2, 0.25) is 0 Å². The lowest BCUT2D eigenvalue weighted by molar-refractivity contribution is -0.314. The van der Waals surface area contributed by atoms with Crippen LogP contribution in [0.25, 0.3) is 0 Å². The van der Waals surface area contributed by atoms with E-state index in [-0.39, 0.29) is 6.61 Å². The molecule has 0 aromatic heterocycles. The third-order valence-corrected chi connectivity index (χ3v) is 4.44. The molecule has 1 aromatic carbocycles. The fraction of sp³-hybridized carbons (Fsp3) is 0.500. The third-order valence-electron chi connectivity index (χ3n) is 4.44. The van der Waals surface area contributed by atoms with Crippen LogP contribution in [0.4, 0.5) is 0 Å². The summed E-state index contributed by atoms with van der Waals surface area (Å²) in [5.41, 5.74) is 0.493. The first kappa shape index (κ1) is 25.8. The number of hydrogen-bond acceptors (Lipinski definition) is 11. The summed E-state index contributed by atoms with van der Waals surface area (Å²) < 4.78 is 32.6. The van der Waals surface area contributed by atoms with Crippen LogP contribution in [-0.2, 0) is 47.6 Å². The molecule has 1 aliphatic rings. The summed E-state index contributed by atoms with van der Waals surface area (Å²) in [6.45, 7) is 4.14. The molecule has 0 aliphatic carbocycles. The molecule has 6 atom stereocenters. The van der Waals surface area contributed by atoms with Crippen LogP contribution in [0.1, 0.15) is 39.4 Å². The second-order valence-electron chi connectivity index (χ2n) is 7.12. The molecule has 2 rings (SSSR count).